The molecule has 9 nitrogen and oxygen atoms in total. The monoisotopic (exact) mass is 512 g/mol. The molecule has 2 aliphatic rings. The average molecular weight is 513 g/mol. The number of aromatic nitrogens is 2. The molecule has 4 heterocycles. The summed E-state index contributed by atoms with van der Waals surface area (Å²) in [7, 11) is -2.55. The Morgan fingerprint density at radius 1 is 1.31 bits per heavy atom. The van der Waals surface area contributed by atoms with Crippen molar-refractivity contribution in [2.45, 2.75) is 55.8 Å². The van der Waals surface area contributed by atoms with Crippen LogP contribution in [0.2, 0.25) is 0 Å². The Kier molecular flexibility index (Phi) is 6.45. The number of carbonyl (C=O) groups excluding carboxylic acids is 1. The number of nitrogens with two attached hydrogens (primary N) is 1. The van der Waals surface area contributed by atoms with Crippen molar-refractivity contribution < 1.29 is 27.3 Å². The van der Waals surface area contributed by atoms with Crippen molar-refractivity contribution in [2.24, 2.45) is 10.7 Å². The molecule has 0 bridgehead atoms. The highest BCUT2D eigenvalue weighted by Crippen LogP contribution is 2.66. The third kappa shape index (κ3) is 4.32. The van der Waals surface area contributed by atoms with Crippen LogP contribution < -0.4 is 20.5 Å². The molecule has 13 heteroatoms. The van der Waals surface area contributed by atoms with E-state index in [0.29, 0.717) is 13.0 Å². The van der Waals surface area contributed by atoms with E-state index >= 15 is 4.39 Å². The fourth-order valence-corrected chi connectivity index (χ4v) is 7.92. The summed E-state index contributed by atoms with van der Waals surface area (Å²) in [5, 5.41) is 2.06. The smallest absolute Gasteiger partial charge is 0.387 e. The van der Waals surface area contributed by atoms with E-state index in [1.54, 1.807) is 6.92 Å². The number of hydrogen-bond acceptors (Lipinski definition) is 8. The summed E-state index contributed by atoms with van der Waals surface area (Å²) in [5.41, 5.74) is 4.87. The lowest BCUT2D eigenvalue weighted by atomic mass is 9.89. The molecule has 4 rings (SSSR count). The second kappa shape index (κ2) is 8.95. The quantitative estimate of drug-likeness (QED) is 0.479. The normalized spacial score (nSPS) is 29.5. The van der Waals surface area contributed by atoms with Gasteiger partial charge in [-0.25, -0.2) is 14.4 Å². The first-order valence-electron chi connectivity index (χ1n) is 10.9. The zero-order valence-electron chi connectivity index (χ0n) is 19.4. The number of carbonyl (C=O) groups is 1. The molecule has 0 radical (unpaired) electrons. The van der Waals surface area contributed by atoms with Crippen LogP contribution in [0.4, 0.5) is 19.0 Å². The van der Waals surface area contributed by atoms with E-state index < -0.39 is 44.4 Å². The van der Waals surface area contributed by atoms with Crippen molar-refractivity contribution in [1.29, 1.82) is 0 Å². The molecule has 1 fully saturated rings. The fourth-order valence-electron chi connectivity index (χ4n) is 4.49. The summed E-state index contributed by atoms with van der Waals surface area (Å²) in [6.07, 6.45) is 2.34. The first kappa shape index (κ1) is 25.2. The van der Waals surface area contributed by atoms with Crippen LogP contribution in [-0.4, -0.2) is 49.4 Å². The summed E-state index contributed by atoms with van der Waals surface area (Å²) in [5.74, 6) is -1.31. The molecule has 190 valence electrons. The summed E-state index contributed by atoms with van der Waals surface area (Å²) in [4.78, 5) is 25.4. The Morgan fingerprint density at radius 2 is 2.06 bits per heavy atom. The molecule has 0 aromatic carbocycles. The SMILES string of the molecule is CC1(C)C(N)=N[C@](C)(c2nc(NC(=O)c3ccc(OC(F)F)cn3)ccc2F)[C@H]2CCCNS21O. The van der Waals surface area contributed by atoms with Crippen LogP contribution in [-0.2, 0) is 5.54 Å². The van der Waals surface area contributed by atoms with Gasteiger partial charge in [0.1, 0.15) is 40.1 Å². The molecule has 1 saturated heterocycles. The van der Waals surface area contributed by atoms with E-state index in [1.165, 1.54) is 18.2 Å². The summed E-state index contributed by atoms with van der Waals surface area (Å²) in [6.45, 7) is 2.91. The minimum Gasteiger partial charge on any atom is -0.433 e. The molecule has 0 aliphatic carbocycles. The summed E-state index contributed by atoms with van der Waals surface area (Å²) >= 11 is 0. The van der Waals surface area contributed by atoms with E-state index in [-0.39, 0.29) is 28.8 Å². The van der Waals surface area contributed by atoms with Gasteiger partial charge in [-0.2, -0.15) is 8.78 Å². The number of halogens is 3. The Labute approximate surface area is 202 Å². The van der Waals surface area contributed by atoms with Crippen LogP contribution >= 0.6 is 10.5 Å². The first-order chi connectivity index (χ1) is 16.4. The number of aliphatic imine (C=N–C) groups is 1. The number of amides is 1. The minimum absolute atomic E-state index is 0.0308. The van der Waals surface area contributed by atoms with Crippen LogP contribution in [0.3, 0.4) is 0 Å². The highest BCUT2D eigenvalue weighted by atomic mass is 32.3. The number of nitrogens with zero attached hydrogens (tertiary/aromatic N) is 3. The maximum absolute atomic E-state index is 15.1. The topological polar surface area (TPSA) is 135 Å². The molecule has 35 heavy (non-hydrogen) atoms. The third-order valence-corrected chi connectivity index (χ3v) is 10.4. The number of ether oxygens (including phenoxy) is 1. The molecule has 3 atom stereocenters. The van der Waals surface area contributed by atoms with Gasteiger partial charge in [0.2, 0.25) is 0 Å². The Bertz CT molecular complexity index is 1170. The van der Waals surface area contributed by atoms with Crippen molar-refractivity contribution in [3.8, 4) is 5.75 Å². The third-order valence-electron chi connectivity index (χ3n) is 6.51. The number of rotatable bonds is 5. The highest BCUT2D eigenvalue weighted by molar-refractivity contribution is 8.29. The number of anilines is 1. The van der Waals surface area contributed by atoms with Crippen molar-refractivity contribution in [3.63, 3.8) is 0 Å². The molecule has 2 aromatic rings. The first-order valence-corrected chi connectivity index (χ1v) is 12.6. The zero-order valence-corrected chi connectivity index (χ0v) is 20.2. The van der Waals surface area contributed by atoms with E-state index in [2.05, 4.69) is 29.7 Å². The highest BCUT2D eigenvalue weighted by Gasteiger charge is 2.60. The number of pyridine rings is 2. The van der Waals surface area contributed by atoms with E-state index in [0.717, 1.165) is 18.7 Å². The maximum atomic E-state index is 15.1. The van der Waals surface area contributed by atoms with Crippen molar-refractivity contribution >= 4 is 28.1 Å². The zero-order chi connectivity index (χ0) is 25.6. The van der Waals surface area contributed by atoms with Gasteiger partial charge < -0.3 is 20.3 Å². The van der Waals surface area contributed by atoms with Gasteiger partial charge in [0.05, 0.1) is 16.2 Å². The van der Waals surface area contributed by atoms with Crippen LogP contribution in [0.5, 0.6) is 5.75 Å². The van der Waals surface area contributed by atoms with Crippen molar-refractivity contribution in [1.82, 2.24) is 14.7 Å². The van der Waals surface area contributed by atoms with Gasteiger partial charge in [-0.1, -0.05) is 10.5 Å². The summed E-state index contributed by atoms with van der Waals surface area (Å²) in [6, 6.07) is 4.84. The van der Waals surface area contributed by atoms with E-state index in [4.69, 9.17) is 5.73 Å². The fraction of sp³-hybridized carbons (Fsp3) is 0.455. The second-order valence-corrected chi connectivity index (χ2v) is 12.2. The second-order valence-electron chi connectivity index (χ2n) is 9.04. The molecule has 1 unspecified atom stereocenters. The van der Waals surface area contributed by atoms with Gasteiger partial charge >= 0.3 is 6.61 Å². The van der Waals surface area contributed by atoms with Crippen LogP contribution in [0.25, 0.3) is 0 Å². The number of alkyl halides is 2. The molecule has 0 spiro atoms. The van der Waals surface area contributed by atoms with Crippen molar-refractivity contribution in [2.75, 3.05) is 11.9 Å². The lowest BCUT2D eigenvalue weighted by Gasteiger charge is -2.61. The predicted molar refractivity (Wildman–Crippen MR) is 127 cm³/mol. The molecule has 2 aromatic heterocycles. The molecule has 1 amide bonds. The molecule has 2 aliphatic heterocycles. The van der Waals surface area contributed by atoms with Gasteiger partial charge in [-0.05, 0) is 57.9 Å². The Balaban J connectivity index is 1.66. The van der Waals surface area contributed by atoms with Crippen molar-refractivity contribution in [3.05, 3.63) is 47.7 Å². The Hall–Kier alpha value is -2.90. The van der Waals surface area contributed by atoms with Gasteiger partial charge in [0.15, 0.2) is 0 Å². The predicted octanol–water partition coefficient (Wildman–Crippen LogP) is 3.78. The molecule has 0 saturated carbocycles. The number of hydrogen-bond donors (Lipinski definition) is 4. The standard InChI is InChI=1S/C22H27F3N6O3S/c1-21(2)19(26)31-22(3,15-5-4-10-28-35(15,21)33)17-13(23)7-9-16(29-17)30-18(32)14-8-6-12(11-27-14)34-20(24)25/h6-9,11,15,20,28,33H,4-5,10H2,1-3H3,(H2,26,31)(H,29,30,32)/t15-,22+/m1/s1. The molecule has 5 N–H and O–H groups in total. The molecular formula is C22H27F3N6O3S. The van der Waals surface area contributed by atoms with Gasteiger partial charge in [0.25, 0.3) is 5.91 Å². The van der Waals surface area contributed by atoms with Gasteiger partial charge in [-0.15, -0.1) is 0 Å². The molecular weight excluding hydrogens is 485 g/mol. The van der Waals surface area contributed by atoms with Crippen LogP contribution in [0, 0.1) is 5.82 Å². The maximum Gasteiger partial charge on any atom is 0.387 e. The average Bonchev–Trinajstić information content (AvgIpc) is 2.79. The Morgan fingerprint density at radius 3 is 2.71 bits per heavy atom. The number of amidine groups is 1. The lowest BCUT2D eigenvalue weighted by Crippen LogP contribution is -2.62. The summed E-state index contributed by atoms with van der Waals surface area (Å²) < 4.78 is 58.1. The number of nitrogens with one attached hydrogen (secondary N) is 2. The van der Waals surface area contributed by atoms with Crippen LogP contribution in [0.15, 0.2) is 35.5 Å². The van der Waals surface area contributed by atoms with E-state index in [1.807, 2.05) is 13.8 Å². The van der Waals surface area contributed by atoms with Gasteiger partial charge in [-0.3, -0.25) is 14.5 Å². The van der Waals surface area contributed by atoms with E-state index in [9.17, 15) is 18.1 Å². The van der Waals surface area contributed by atoms with Gasteiger partial charge in [0, 0.05) is 6.54 Å². The lowest BCUT2D eigenvalue weighted by molar-refractivity contribution is -0.0500. The minimum atomic E-state index is -3.01. The van der Waals surface area contributed by atoms with Crippen LogP contribution in [0.1, 0.15) is 49.8 Å². The largest absolute Gasteiger partial charge is 0.433 e. The number of fused-ring (bicyclic) bond motifs is 1.